The third-order valence-electron chi connectivity index (χ3n) is 2.61. The number of hydrazine groups is 1. The molecule has 6 heteroatoms. The van der Waals surface area contributed by atoms with Crippen LogP contribution in [0.25, 0.3) is 0 Å². The molecule has 0 aliphatic heterocycles. The van der Waals surface area contributed by atoms with Crippen LogP contribution < -0.4 is 16.0 Å². The maximum atomic E-state index is 11.2. The molecule has 0 heterocycles. The number of nitrogen functional groups attached to an aromatic ring is 1. The van der Waals surface area contributed by atoms with Crippen LogP contribution in [-0.2, 0) is 0 Å². The van der Waals surface area contributed by atoms with E-state index in [2.05, 4.69) is 6.92 Å². The standard InChI is InChI=1S/C13H20N2O3.ClH/c1-2-3-4-5-8-18-10-6-7-11(12(16)9-10)13(17)15-14;/h6-7,9,16H,2-5,8,14H2,1H3,(H,15,17);1H. The Labute approximate surface area is 119 Å². The quantitative estimate of drug-likeness (QED) is 0.311. The molecule has 0 aromatic heterocycles. The molecule has 1 amide bonds. The second-order valence-electron chi connectivity index (χ2n) is 4.06. The molecule has 1 rings (SSSR count). The number of rotatable bonds is 7. The van der Waals surface area contributed by atoms with Gasteiger partial charge < -0.3 is 9.84 Å². The molecule has 0 unspecified atom stereocenters. The smallest absolute Gasteiger partial charge is 0.268 e. The Hall–Kier alpha value is -1.46. The lowest BCUT2D eigenvalue weighted by Crippen LogP contribution is -2.29. The highest BCUT2D eigenvalue weighted by Gasteiger charge is 2.10. The van der Waals surface area contributed by atoms with Crippen molar-refractivity contribution in [1.82, 2.24) is 5.43 Å². The van der Waals surface area contributed by atoms with Gasteiger partial charge in [-0.15, -0.1) is 12.4 Å². The molecular formula is C13H21ClN2O3. The van der Waals surface area contributed by atoms with Gasteiger partial charge in [0.2, 0.25) is 0 Å². The van der Waals surface area contributed by atoms with Crippen LogP contribution in [-0.4, -0.2) is 17.6 Å². The topological polar surface area (TPSA) is 84.6 Å². The van der Waals surface area contributed by atoms with Crippen molar-refractivity contribution in [3.8, 4) is 11.5 Å². The van der Waals surface area contributed by atoms with Gasteiger partial charge in [-0.25, -0.2) is 5.84 Å². The van der Waals surface area contributed by atoms with E-state index in [9.17, 15) is 9.90 Å². The van der Waals surface area contributed by atoms with Crippen LogP contribution in [0.5, 0.6) is 11.5 Å². The molecule has 0 spiro atoms. The average molecular weight is 289 g/mol. The lowest BCUT2D eigenvalue weighted by molar-refractivity contribution is 0.0951. The van der Waals surface area contributed by atoms with Crippen molar-refractivity contribution in [2.24, 2.45) is 5.84 Å². The van der Waals surface area contributed by atoms with E-state index in [1.165, 1.54) is 25.0 Å². The van der Waals surface area contributed by atoms with E-state index in [4.69, 9.17) is 10.6 Å². The zero-order valence-electron chi connectivity index (χ0n) is 11.0. The van der Waals surface area contributed by atoms with Crippen molar-refractivity contribution in [2.75, 3.05) is 6.61 Å². The summed E-state index contributed by atoms with van der Waals surface area (Å²) in [6.45, 7) is 2.77. The number of aromatic hydroxyl groups is 1. The molecule has 0 atom stereocenters. The number of amides is 1. The van der Waals surface area contributed by atoms with Crippen LogP contribution in [0.2, 0.25) is 0 Å². The third kappa shape index (κ3) is 5.81. The van der Waals surface area contributed by atoms with E-state index >= 15 is 0 Å². The minimum Gasteiger partial charge on any atom is -0.507 e. The largest absolute Gasteiger partial charge is 0.507 e. The molecular weight excluding hydrogens is 268 g/mol. The van der Waals surface area contributed by atoms with E-state index in [1.807, 2.05) is 5.43 Å². The zero-order valence-corrected chi connectivity index (χ0v) is 11.8. The number of phenols is 1. The van der Waals surface area contributed by atoms with Gasteiger partial charge in [0.05, 0.1) is 12.2 Å². The fourth-order valence-corrected chi connectivity index (χ4v) is 1.59. The molecule has 4 N–H and O–H groups in total. The van der Waals surface area contributed by atoms with Crippen LogP contribution in [0.4, 0.5) is 0 Å². The van der Waals surface area contributed by atoms with Gasteiger partial charge in [0.1, 0.15) is 11.5 Å². The summed E-state index contributed by atoms with van der Waals surface area (Å²) in [5.41, 5.74) is 2.10. The molecule has 0 aliphatic carbocycles. The first kappa shape index (κ1) is 17.5. The van der Waals surface area contributed by atoms with Crippen molar-refractivity contribution in [1.29, 1.82) is 0 Å². The number of carbonyl (C=O) groups is 1. The Bertz CT molecular complexity index is 399. The van der Waals surface area contributed by atoms with Gasteiger partial charge in [-0.3, -0.25) is 10.2 Å². The van der Waals surface area contributed by atoms with Crippen LogP contribution in [0.1, 0.15) is 43.0 Å². The Balaban J connectivity index is 0.00000324. The van der Waals surface area contributed by atoms with Gasteiger partial charge in [0.15, 0.2) is 0 Å². The van der Waals surface area contributed by atoms with E-state index in [0.29, 0.717) is 12.4 Å². The number of carbonyl (C=O) groups excluding carboxylic acids is 1. The van der Waals surface area contributed by atoms with Crippen molar-refractivity contribution in [2.45, 2.75) is 32.6 Å². The monoisotopic (exact) mass is 288 g/mol. The molecule has 0 radical (unpaired) electrons. The number of hydrogen-bond donors (Lipinski definition) is 3. The predicted octanol–water partition coefficient (Wildman–Crippen LogP) is 2.38. The van der Waals surface area contributed by atoms with Crippen LogP contribution in [0.3, 0.4) is 0 Å². The number of nitrogens with one attached hydrogen (secondary N) is 1. The fraction of sp³-hybridized carbons (Fsp3) is 0.462. The maximum Gasteiger partial charge on any atom is 0.268 e. The van der Waals surface area contributed by atoms with Crippen molar-refractivity contribution >= 4 is 18.3 Å². The summed E-state index contributed by atoms with van der Waals surface area (Å²) in [6.07, 6.45) is 4.50. The second-order valence-corrected chi connectivity index (χ2v) is 4.06. The van der Waals surface area contributed by atoms with Crippen LogP contribution in [0, 0.1) is 0 Å². The number of halogens is 1. The van der Waals surface area contributed by atoms with E-state index in [-0.39, 0.29) is 23.7 Å². The summed E-state index contributed by atoms with van der Waals surface area (Å²) >= 11 is 0. The van der Waals surface area contributed by atoms with Gasteiger partial charge in [-0.2, -0.15) is 0 Å². The minimum atomic E-state index is -0.526. The van der Waals surface area contributed by atoms with Gasteiger partial charge >= 0.3 is 0 Å². The number of ether oxygens (including phenoxy) is 1. The van der Waals surface area contributed by atoms with Crippen molar-refractivity contribution < 1.29 is 14.6 Å². The molecule has 19 heavy (non-hydrogen) atoms. The minimum absolute atomic E-state index is 0. The highest BCUT2D eigenvalue weighted by Crippen LogP contribution is 2.23. The Morgan fingerprint density at radius 2 is 2.11 bits per heavy atom. The number of hydrogen-bond acceptors (Lipinski definition) is 4. The van der Waals surface area contributed by atoms with Crippen LogP contribution >= 0.6 is 12.4 Å². The van der Waals surface area contributed by atoms with Crippen molar-refractivity contribution in [3.05, 3.63) is 23.8 Å². The normalized spacial score (nSPS) is 9.58. The molecule has 0 saturated carbocycles. The van der Waals surface area contributed by atoms with Gasteiger partial charge in [0.25, 0.3) is 5.91 Å². The third-order valence-corrected chi connectivity index (χ3v) is 2.61. The average Bonchev–Trinajstić information content (AvgIpc) is 2.38. The molecule has 108 valence electrons. The van der Waals surface area contributed by atoms with Gasteiger partial charge in [-0.05, 0) is 18.6 Å². The highest BCUT2D eigenvalue weighted by molar-refractivity contribution is 5.96. The summed E-state index contributed by atoms with van der Waals surface area (Å²) in [4.78, 5) is 11.2. The molecule has 1 aromatic rings. The summed E-state index contributed by atoms with van der Waals surface area (Å²) in [7, 11) is 0. The highest BCUT2D eigenvalue weighted by atomic mass is 35.5. The maximum absolute atomic E-state index is 11.2. The van der Waals surface area contributed by atoms with Crippen LogP contribution in [0.15, 0.2) is 18.2 Å². The zero-order chi connectivity index (χ0) is 13.4. The van der Waals surface area contributed by atoms with E-state index in [0.717, 1.165) is 12.8 Å². The summed E-state index contributed by atoms with van der Waals surface area (Å²) in [6, 6.07) is 4.55. The number of benzene rings is 1. The first-order valence-electron chi connectivity index (χ1n) is 6.15. The Morgan fingerprint density at radius 1 is 1.37 bits per heavy atom. The summed E-state index contributed by atoms with van der Waals surface area (Å²) in [5, 5.41) is 9.64. The van der Waals surface area contributed by atoms with Gasteiger partial charge in [-0.1, -0.05) is 26.2 Å². The first-order valence-corrected chi connectivity index (χ1v) is 6.15. The predicted molar refractivity (Wildman–Crippen MR) is 76.6 cm³/mol. The lowest BCUT2D eigenvalue weighted by Gasteiger charge is -2.08. The first-order chi connectivity index (χ1) is 8.69. The summed E-state index contributed by atoms with van der Waals surface area (Å²) < 4.78 is 5.48. The fourth-order valence-electron chi connectivity index (χ4n) is 1.59. The SMILES string of the molecule is CCCCCCOc1ccc(C(=O)NN)c(O)c1.Cl. The molecule has 5 nitrogen and oxygen atoms in total. The van der Waals surface area contributed by atoms with Gasteiger partial charge in [0, 0.05) is 6.07 Å². The second kappa shape index (κ2) is 9.47. The van der Waals surface area contributed by atoms with Crippen molar-refractivity contribution in [3.63, 3.8) is 0 Å². The van der Waals surface area contributed by atoms with E-state index < -0.39 is 5.91 Å². The molecule has 0 bridgehead atoms. The van der Waals surface area contributed by atoms with E-state index in [1.54, 1.807) is 6.07 Å². The number of unbranched alkanes of at least 4 members (excludes halogenated alkanes) is 3. The number of phenolic OH excluding ortho intramolecular Hbond substituents is 1. The number of nitrogens with two attached hydrogens (primary N) is 1. The summed E-state index contributed by atoms with van der Waals surface area (Å²) in [5.74, 6) is 4.89. The Morgan fingerprint density at radius 3 is 2.68 bits per heavy atom. The Kier molecular flexibility index (Phi) is 8.74. The molecule has 0 fully saturated rings. The molecule has 1 aromatic carbocycles. The lowest BCUT2D eigenvalue weighted by atomic mass is 10.2. The molecule has 0 aliphatic rings. The molecule has 0 saturated heterocycles.